The van der Waals surface area contributed by atoms with Crippen LogP contribution in [-0.4, -0.2) is 39.7 Å². The fourth-order valence-electron chi connectivity index (χ4n) is 6.56. The summed E-state index contributed by atoms with van der Waals surface area (Å²) in [5, 5.41) is 8.65. The molecule has 1 aromatic carbocycles. The first kappa shape index (κ1) is 31.6. The van der Waals surface area contributed by atoms with Crippen molar-refractivity contribution in [3.63, 3.8) is 0 Å². The van der Waals surface area contributed by atoms with Crippen molar-refractivity contribution in [2.24, 2.45) is 11.3 Å². The first-order chi connectivity index (χ1) is 20.9. The van der Waals surface area contributed by atoms with Gasteiger partial charge in [-0.25, -0.2) is 4.98 Å². The number of benzene rings is 1. The van der Waals surface area contributed by atoms with Crippen LogP contribution in [0, 0.1) is 11.3 Å². The number of halogens is 1. The van der Waals surface area contributed by atoms with Crippen molar-refractivity contribution in [2.45, 2.75) is 96.6 Å². The summed E-state index contributed by atoms with van der Waals surface area (Å²) < 4.78 is 8.17. The SMILES string of the molecule is CCC(=O)CCCCC[C@H](NC(=O)[C@H]1CC12CCNCC2)c1ncc(-c2ccc3c(ccc(=O)n3CCCCCBr)c2)o1. The van der Waals surface area contributed by atoms with Crippen molar-refractivity contribution in [3.8, 4) is 11.3 Å². The molecule has 232 valence electrons. The number of aryl methyl sites for hydroxylation is 1. The van der Waals surface area contributed by atoms with Crippen molar-refractivity contribution >= 4 is 38.5 Å². The highest BCUT2D eigenvalue weighted by Crippen LogP contribution is 2.58. The van der Waals surface area contributed by atoms with Gasteiger partial charge in [-0.05, 0) is 93.1 Å². The van der Waals surface area contributed by atoms with Crippen molar-refractivity contribution < 1.29 is 14.0 Å². The van der Waals surface area contributed by atoms with E-state index in [1.165, 1.54) is 0 Å². The average Bonchev–Trinajstić information content (AvgIpc) is 3.47. The molecule has 0 unspecified atom stereocenters. The van der Waals surface area contributed by atoms with Gasteiger partial charge < -0.3 is 19.6 Å². The number of nitrogens with zero attached hydrogens (tertiary/aromatic N) is 2. The second-order valence-electron chi connectivity index (χ2n) is 12.3. The standard InChI is InChI=1S/C34H45BrN4O4/c1-2-26(40)9-5-3-6-10-28(38-32(42)27-22-34(27)15-18-36-19-16-34)33-37-23-30(43-33)25-11-13-29-24(21-25)12-14-31(41)39(29)20-8-4-7-17-35/h11-14,21,23,27-28,36H,2-10,15-20,22H2,1H3,(H,38,42)/t27-,28+/m1/s1. The summed E-state index contributed by atoms with van der Waals surface area (Å²) in [6.07, 6.45) is 12.5. The van der Waals surface area contributed by atoms with Gasteiger partial charge in [-0.15, -0.1) is 0 Å². The number of rotatable bonds is 16. The van der Waals surface area contributed by atoms with Gasteiger partial charge in [-0.1, -0.05) is 42.1 Å². The van der Waals surface area contributed by atoms with Crippen LogP contribution in [0.1, 0.15) is 95.9 Å². The molecule has 1 spiro atoms. The van der Waals surface area contributed by atoms with Gasteiger partial charge in [0.1, 0.15) is 11.8 Å². The van der Waals surface area contributed by atoms with Crippen LogP contribution in [0.5, 0.6) is 0 Å². The maximum atomic E-state index is 13.4. The first-order valence-corrected chi connectivity index (χ1v) is 17.2. The number of amides is 1. The van der Waals surface area contributed by atoms with E-state index in [2.05, 4.69) is 31.5 Å². The van der Waals surface area contributed by atoms with E-state index in [1.807, 2.05) is 35.8 Å². The molecule has 5 rings (SSSR count). The summed E-state index contributed by atoms with van der Waals surface area (Å²) in [6, 6.07) is 9.19. The molecule has 1 aliphatic carbocycles. The molecule has 2 aromatic heterocycles. The number of hydrogen-bond acceptors (Lipinski definition) is 6. The Hall–Kier alpha value is -2.78. The highest BCUT2D eigenvalue weighted by Gasteiger charge is 2.57. The summed E-state index contributed by atoms with van der Waals surface area (Å²) in [5.41, 5.74) is 1.97. The topological polar surface area (TPSA) is 106 Å². The monoisotopic (exact) mass is 652 g/mol. The van der Waals surface area contributed by atoms with Crippen LogP contribution in [0.15, 0.2) is 45.7 Å². The lowest BCUT2D eigenvalue weighted by Gasteiger charge is -2.24. The quantitative estimate of drug-likeness (QED) is 0.132. The molecule has 0 radical (unpaired) electrons. The summed E-state index contributed by atoms with van der Waals surface area (Å²) in [4.78, 5) is 42.4. The number of unbranched alkanes of at least 4 members (excludes halogenated alkanes) is 4. The van der Waals surface area contributed by atoms with Gasteiger partial charge in [0, 0.05) is 42.3 Å². The Balaban J connectivity index is 1.30. The largest absolute Gasteiger partial charge is 0.438 e. The van der Waals surface area contributed by atoms with E-state index in [9.17, 15) is 14.4 Å². The third kappa shape index (κ3) is 7.85. The summed E-state index contributed by atoms with van der Waals surface area (Å²) in [7, 11) is 0. The molecule has 0 bridgehead atoms. The van der Waals surface area contributed by atoms with Gasteiger partial charge in [0.15, 0.2) is 5.76 Å². The number of oxazole rings is 1. The van der Waals surface area contributed by atoms with Gasteiger partial charge >= 0.3 is 0 Å². The molecular weight excluding hydrogens is 608 g/mol. The predicted molar refractivity (Wildman–Crippen MR) is 173 cm³/mol. The third-order valence-electron chi connectivity index (χ3n) is 9.38. The Morgan fingerprint density at radius 1 is 1.12 bits per heavy atom. The van der Waals surface area contributed by atoms with E-state index in [4.69, 9.17) is 4.42 Å². The van der Waals surface area contributed by atoms with Crippen molar-refractivity contribution in [2.75, 3.05) is 18.4 Å². The maximum Gasteiger partial charge on any atom is 0.251 e. The minimum Gasteiger partial charge on any atom is -0.438 e. The Bertz CT molecular complexity index is 1460. The molecule has 2 atom stereocenters. The molecular formula is C34H45BrN4O4. The number of alkyl halides is 1. The lowest BCUT2D eigenvalue weighted by atomic mass is 9.91. The van der Waals surface area contributed by atoms with Crippen molar-refractivity contribution in [1.29, 1.82) is 0 Å². The summed E-state index contributed by atoms with van der Waals surface area (Å²) >= 11 is 3.48. The zero-order chi connectivity index (χ0) is 30.2. The zero-order valence-corrected chi connectivity index (χ0v) is 26.9. The molecule has 2 fully saturated rings. The number of pyridine rings is 1. The van der Waals surface area contributed by atoms with Crippen LogP contribution in [0.25, 0.3) is 22.2 Å². The van der Waals surface area contributed by atoms with Crippen LogP contribution in [-0.2, 0) is 16.1 Å². The normalized spacial score (nSPS) is 18.1. The van der Waals surface area contributed by atoms with Gasteiger partial charge in [0.05, 0.1) is 11.7 Å². The molecule has 43 heavy (non-hydrogen) atoms. The number of Topliss-reactive ketones (excluding diaryl/α,β-unsaturated/α-hetero) is 1. The number of carbonyl (C=O) groups excluding carboxylic acids is 2. The minimum absolute atomic E-state index is 0.0145. The molecule has 3 heterocycles. The Morgan fingerprint density at radius 3 is 2.72 bits per heavy atom. The van der Waals surface area contributed by atoms with Crippen LogP contribution < -0.4 is 16.2 Å². The average molecular weight is 654 g/mol. The number of ketones is 1. The van der Waals surface area contributed by atoms with Gasteiger partial charge in [0.25, 0.3) is 5.56 Å². The number of nitrogens with one attached hydrogen (secondary N) is 2. The Kier molecular flexibility index (Phi) is 10.9. The first-order valence-electron chi connectivity index (χ1n) is 16.1. The molecule has 1 saturated carbocycles. The fraction of sp³-hybridized carbons (Fsp3) is 0.588. The number of hydrogen-bond donors (Lipinski definition) is 2. The van der Waals surface area contributed by atoms with E-state index >= 15 is 0 Å². The number of fused-ring (bicyclic) bond motifs is 1. The fourth-order valence-corrected chi connectivity index (χ4v) is 6.96. The molecule has 2 aliphatic rings. The van der Waals surface area contributed by atoms with Gasteiger partial charge in [-0.3, -0.25) is 14.4 Å². The highest BCUT2D eigenvalue weighted by molar-refractivity contribution is 9.09. The predicted octanol–water partition coefficient (Wildman–Crippen LogP) is 6.70. The second-order valence-corrected chi connectivity index (χ2v) is 13.1. The molecule has 9 heteroatoms. The number of carbonyl (C=O) groups is 2. The molecule has 1 amide bonds. The zero-order valence-electron chi connectivity index (χ0n) is 25.3. The van der Waals surface area contributed by atoms with Crippen LogP contribution in [0.2, 0.25) is 0 Å². The number of aromatic nitrogens is 2. The van der Waals surface area contributed by atoms with Gasteiger partial charge in [0.2, 0.25) is 11.8 Å². The Morgan fingerprint density at radius 2 is 1.93 bits per heavy atom. The van der Waals surface area contributed by atoms with Crippen LogP contribution in [0.3, 0.4) is 0 Å². The van der Waals surface area contributed by atoms with Gasteiger partial charge in [-0.2, -0.15) is 0 Å². The number of piperidine rings is 1. The Labute approximate surface area is 262 Å². The van der Waals surface area contributed by atoms with E-state index < -0.39 is 0 Å². The third-order valence-corrected chi connectivity index (χ3v) is 9.94. The molecule has 3 aromatic rings. The summed E-state index contributed by atoms with van der Waals surface area (Å²) in [5.74, 6) is 1.62. The van der Waals surface area contributed by atoms with E-state index in [-0.39, 0.29) is 28.8 Å². The lowest BCUT2D eigenvalue weighted by molar-refractivity contribution is -0.124. The van der Waals surface area contributed by atoms with Crippen LogP contribution >= 0.6 is 15.9 Å². The highest BCUT2D eigenvalue weighted by atomic mass is 79.9. The molecule has 1 saturated heterocycles. The maximum absolute atomic E-state index is 13.4. The molecule has 8 nitrogen and oxygen atoms in total. The van der Waals surface area contributed by atoms with Crippen LogP contribution in [0.4, 0.5) is 0 Å². The second kappa shape index (κ2) is 14.8. The van der Waals surface area contributed by atoms with Crippen molar-refractivity contribution in [1.82, 2.24) is 20.2 Å². The molecule has 2 N–H and O–H groups in total. The van der Waals surface area contributed by atoms with Crippen molar-refractivity contribution in [3.05, 3.63) is 52.8 Å². The lowest BCUT2D eigenvalue weighted by Crippen LogP contribution is -2.35. The van der Waals surface area contributed by atoms with E-state index in [0.29, 0.717) is 43.2 Å². The van der Waals surface area contributed by atoms with E-state index in [1.54, 1.807) is 12.3 Å². The molecule has 1 aliphatic heterocycles. The van der Waals surface area contributed by atoms with E-state index in [0.717, 1.165) is 92.7 Å². The summed E-state index contributed by atoms with van der Waals surface area (Å²) in [6.45, 7) is 4.56. The smallest absolute Gasteiger partial charge is 0.251 e. The minimum atomic E-state index is -0.312.